The van der Waals surface area contributed by atoms with Crippen molar-refractivity contribution in [3.63, 3.8) is 0 Å². The highest BCUT2D eigenvalue weighted by Crippen LogP contribution is 2.37. The Balaban J connectivity index is 0.00000210. The van der Waals surface area contributed by atoms with Crippen LogP contribution >= 0.6 is 23.7 Å². The molecule has 0 saturated carbocycles. The number of aryl methyl sites for hydroxylation is 1. The van der Waals surface area contributed by atoms with Crippen LogP contribution in [0.5, 0.6) is 0 Å². The lowest BCUT2D eigenvalue weighted by Gasteiger charge is -2.34. The fourth-order valence-corrected chi connectivity index (χ4v) is 5.09. The molecule has 7 heteroatoms. The Bertz CT molecular complexity index is 775. The third-order valence-corrected chi connectivity index (χ3v) is 6.68. The molecule has 1 aliphatic carbocycles. The normalized spacial score (nSPS) is 21.0. The van der Waals surface area contributed by atoms with Gasteiger partial charge in [0, 0.05) is 12.0 Å². The number of rotatable bonds is 4. The summed E-state index contributed by atoms with van der Waals surface area (Å²) in [5.41, 5.74) is 1.81. The second kappa shape index (κ2) is 8.69. The maximum Gasteiger partial charge on any atom is 0.258 e. The lowest BCUT2D eigenvalue weighted by atomic mass is 9.85. The van der Waals surface area contributed by atoms with Gasteiger partial charge in [-0.2, -0.15) is 0 Å². The summed E-state index contributed by atoms with van der Waals surface area (Å²) in [5.74, 6) is 0.481. The van der Waals surface area contributed by atoms with E-state index in [2.05, 4.69) is 41.0 Å². The number of benzene rings is 1. The molecule has 2 heterocycles. The van der Waals surface area contributed by atoms with Gasteiger partial charge in [0.15, 0.2) is 5.13 Å². The number of aromatic nitrogens is 1. The predicted molar refractivity (Wildman–Crippen MR) is 111 cm³/mol. The van der Waals surface area contributed by atoms with Gasteiger partial charge >= 0.3 is 0 Å². The third-order valence-electron chi connectivity index (χ3n) is 5.65. The number of hydrogen-bond donors (Lipinski definition) is 2. The van der Waals surface area contributed by atoms with Crippen LogP contribution in [0, 0.1) is 0 Å². The molecule has 2 aromatic rings. The SMILES string of the molecule is COC1(C(=O)Nc2nc3c(s2)CC(c2ccccc2)CC3)CCNCC1.Cl. The summed E-state index contributed by atoms with van der Waals surface area (Å²) in [6, 6.07) is 10.7. The minimum atomic E-state index is -0.732. The summed E-state index contributed by atoms with van der Waals surface area (Å²) in [6.07, 6.45) is 4.47. The topological polar surface area (TPSA) is 63.2 Å². The van der Waals surface area contributed by atoms with Gasteiger partial charge in [-0.15, -0.1) is 23.7 Å². The minimum absolute atomic E-state index is 0. The van der Waals surface area contributed by atoms with Crippen molar-refractivity contribution in [3.8, 4) is 0 Å². The molecule has 4 rings (SSSR count). The van der Waals surface area contributed by atoms with E-state index in [1.165, 1.54) is 10.4 Å². The Morgan fingerprint density at radius 2 is 2.04 bits per heavy atom. The van der Waals surface area contributed by atoms with E-state index in [9.17, 15) is 4.79 Å². The molecule has 0 bridgehead atoms. The van der Waals surface area contributed by atoms with E-state index in [0.717, 1.165) is 38.0 Å². The fraction of sp³-hybridized carbons (Fsp3) is 0.500. The zero-order chi connectivity index (χ0) is 18.0. The smallest absolute Gasteiger partial charge is 0.258 e. The van der Waals surface area contributed by atoms with Crippen molar-refractivity contribution in [2.45, 2.75) is 43.6 Å². The minimum Gasteiger partial charge on any atom is -0.368 e. The zero-order valence-corrected chi connectivity index (χ0v) is 17.1. The highest BCUT2D eigenvalue weighted by molar-refractivity contribution is 7.15. The highest BCUT2D eigenvalue weighted by Gasteiger charge is 2.40. The summed E-state index contributed by atoms with van der Waals surface area (Å²) in [4.78, 5) is 18.8. The van der Waals surface area contributed by atoms with Crippen molar-refractivity contribution in [3.05, 3.63) is 46.5 Å². The third kappa shape index (κ3) is 4.19. The van der Waals surface area contributed by atoms with Gasteiger partial charge in [-0.3, -0.25) is 10.1 Å². The maximum absolute atomic E-state index is 12.8. The van der Waals surface area contributed by atoms with E-state index in [0.29, 0.717) is 23.9 Å². The van der Waals surface area contributed by atoms with E-state index in [1.807, 2.05) is 0 Å². The first-order valence-electron chi connectivity index (χ1n) is 9.31. The van der Waals surface area contributed by atoms with Crippen molar-refractivity contribution in [2.24, 2.45) is 0 Å². The number of nitrogens with one attached hydrogen (secondary N) is 2. The highest BCUT2D eigenvalue weighted by atomic mass is 35.5. The fourth-order valence-electron chi connectivity index (χ4n) is 4.00. The molecular formula is C20H26ClN3O2S. The molecule has 146 valence electrons. The van der Waals surface area contributed by atoms with E-state index in [1.54, 1.807) is 18.4 Å². The van der Waals surface area contributed by atoms with Gasteiger partial charge in [-0.1, -0.05) is 30.3 Å². The van der Waals surface area contributed by atoms with Crippen LogP contribution in [0.1, 0.15) is 41.3 Å². The Kier molecular flexibility index (Phi) is 6.52. The number of amides is 1. The van der Waals surface area contributed by atoms with E-state index in [-0.39, 0.29) is 18.3 Å². The zero-order valence-electron chi connectivity index (χ0n) is 15.5. The molecule has 1 aromatic heterocycles. The van der Waals surface area contributed by atoms with Crippen molar-refractivity contribution in [1.82, 2.24) is 10.3 Å². The Morgan fingerprint density at radius 1 is 1.30 bits per heavy atom. The van der Waals surface area contributed by atoms with Crippen LogP contribution < -0.4 is 10.6 Å². The predicted octanol–water partition coefficient (Wildman–Crippen LogP) is 3.54. The maximum atomic E-state index is 12.8. The molecule has 1 atom stereocenters. The molecule has 1 aliphatic heterocycles. The lowest BCUT2D eigenvalue weighted by Crippen LogP contribution is -2.51. The average Bonchev–Trinajstić information content (AvgIpc) is 3.10. The molecule has 1 amide bonds. The molecule has 5 nitrogen and oxygen atoms in total. The first-order chi connectivity index (χ1) is 12.7. The molecule has 1 unspecified atom stereocenters. The molecule has 27 heavy (non-hydrogen) atoms. The van der Waals surface area contributed by atoms with Crippen LogP contribution in [-0.2, 0) is 22.4 Å². The Morgan fingerprint density at radius 3 is 2.74 bits per heavy atom. The number of piperidine rings is 1. The van der Waals surface area contributed by atoms with Gasteiger partial charge in [-0.25, -0.2) is 4.98 Å². The van der Waals surface area contributed by atoms with E-state index in [4.69, 9.17) is 9.72 Å². The van der Waals surface area contributed by atoms with Crippen molar-refractivity contribution >= 4 is 34.8 Å². The van der Waals surface area contributed by atoms with Crippen LogP contribution in [0.4, 0.5) is 5.13 Å². The number of methoxy groups -OCH3 is 1. The number of nitrogens with zero attached hydrogens (tertiary/aromatic N) is 1. The van der Waals surface area contributed by atoms with Gasteiger partial charge in [0.1, 0.15) is 5.60 Å². The molecule has 2 aliphatic rings. The summed E-state index contributed by atoms with van der Waals surface area (Å²) >= 11 is 1.62. The summed E-state index contributed by atoms with van der Waals surface area (Å²) in [5, 5.41) is 7.02. The average molecular weight is 408 g/mol. The second-order valence-corrected chi connectivity index (χ2v) is 8.23. The number of fused-ring (bicyclic) bond motifs is 1. The van der Waals surface area contributed by atoms with E-state index < -0.39 is 5.60 Å². The summed E-state index contributed by atoms with van der Waals surface area (Å²) < 4.78 is 5.61. The second-order valence-electron chi connectivity index (χ2n) is 7.14. The Labute approximate surface area is 170 Å². The monoisotopic (exact) mass is 407 g/mol. The first-order valence-corrected chi connectivity index (χ1v) is 10.1. The van der Waals surface area contributed by atoms with Gasteiger partial charge in [0.25, 0.3) is 5.91 Å². The lowest BCUT2D eigenvalue weighted by molar-refractivity contribution is -0.140. The van der Waals surface area contributed by atoms with Crippen molar-refractivity contribution < 1.29 is 9.53 Å². The largest absolute Gasteiger partial charge is 0.368 e. The number of carbonyl (C=O) groups is 1. The van der Waals surface area contributed by atoms with Gasteiger partial charge in [-0.05, 0) is 56.7 Å². The quantitative estimate of drug-likeness (QED) is 0.813. The van der Waals surface area contributed by atoms with Gasteiger partial charge < -0.3 is 10.1 Å². The Hall–Kier alpha value is -1.47. The molecular weight excluding hydrogens is 382 g/mol. The van der Waals surface area contributed by atoms with E-state index >= 15 is 0 Å². The summed E-state index contributed by atoms with van der Waals surface area (Å²) in [6.45, 7) is 1.60. The van der Waals surface area contributed by atoms with Crippen LogP contribution in [0.2, 0.25) is 0 Å². The van der Waals surface area contributed by atoms with Crippen molar-refractivity contribution in [1.29, 1.82) is 0 Å². The van der Waals surface area contributed by atoms with Gasteiger partial charge in [0.2, 0.25) is 0 Å². The number of hydrogen-bond acceptors (Lipinski definition) is 5. The van der Waals surface area contributed by atoms with Crippen LogP contribution in [0.15, 0.2) is 30.3 Å². The van der Waals surface area contributed by atoms with Crippen LogP contribution in [0.3, 0.4) is 0 Å². The summed E-state index contributed by atoms with van der Waals surface area (Å²) in [7, 11) is 1.63. The molecule has 1 fully saturated rings. The van der Waals surface area contributed by atoms with Crippen LogP contribution in [-0.4, -0.2) is 36.7 Å². The number of anilines is 1. The molecule has 0 spiro atoms. The molecule has 2 N–H and O–H groups in total. The number of carbonyl (C=O) groups excluding carboxylic acids is 1. The molecule has 1 saturated heterocycles. The molecule has 1 aromatic carbocycles. The van der Waals surface area contributed by atoms with Crippen LogP contribution in [0.25, 0.3) is 0 Å². The number of halogens is 1. The first kappa shape index (κ1) is 20.3. The van der Waals surface area contributed by atoms with Crippen molar-refractivity contribution in [2.75, 3.05) is 25.5 Å². The number of thiazole rings is 1. The van der Waals surface area contributed by atoms with Gasteiger partial charge in [0.05, 0.1) is 5.69 Å². The standard InChI is InChI=1S/C20H25N3O2S.ClH/c1-25-20(9-11-21-12-10-20)18(24)23-19-22-16-8-7-15(13-17(16)26-19)14-5-3-2-4-6-14;/h2-6,15,21H,7-13H2,1H3,(H,22,23,24);1H. The number of ether oxygens (including phenoxy) is 1. The molecule has 0 radical (unpaired) electrons.